The third-order valence-corrected chi connectivity index (χ3v) is 4.84. The Balaban J connectivity index is 2.18. The van der Waals surface area contributed by atoms with E-state index in [1.165, 1.54) is 0 Å². The number of carbonyl (C=O) groups is 1. The maximum Gasteiger partial charge on any atom is 0.220 e. The molecule has 124 valence electrons. The Morgan fingerprint density at radius 3 is 2.57 bits per heavy atom. The maximum atomic E-state index is 12.8. The molecule has 1 fully saturated rings. The fourth-order valence-corrected chi connectivity index (χ4v) is 3.63. The van der Waals surface area contributed by atoms with E-state index in [-0.39, 0.29) is 16.6 Å². The summed E-state index contributed by atoms with van der Waals surface area (Å²) in [4.78, 5) is 24.0. The fourth-order valence-electron chi connectivity index (χ4n) is 3.63. The van der Waals surface area contributed by atoms with Gasteiger partial charge in [0.05, 0.1) is 5.92 Å². The van der Waals surface area contributed by atoms with Crippen LogP contribution in [0.1, 0.15) is 55.8 Å². The van der Waals surface area contributed by atoms with Crippen molar-refractivity contribution in [2.45, 2.75) is 51.5 Å². The first-order valence-electron chi connectivity index (χ1n) is 8.46. The van der Waals surface area contributed by atoms with Crippen molar-refractivity contribution in [1.82, 2.24) is 0 Å². The molecular formula is C19H25NO3. The van der Waals surface area contributed by atoms with Crippen molar-refractivity contribution >= 4 is 5.78 Å². The van der Waals surface area contributed by atoms with Gasteiger partial charge < -0.3 is 0 Å². The van der Waals surface area contributed by atoms with Crippen molar-refractivity contribution in [2.24, 2.45) is 11.8 Å². The molecule has 0 spiro atoms. The second-order valence-corrected chi connectivity index (χ2v) is 6.44. The Labute approximate surface area is 137 Å². The van der Waals surface area contributed by atoms with Gasteiger partial charge in [-0.05, 0) is 6.42 Å². The van der Waals surface area contributed by atoms with E-state index in [1.807, 2.05) is 18.2 Å². The van der Waals surface area contributed by atoms with Gasteiger partial charge in [0.15, 0.2) is 5.78 Å². The minimum absolute atomic E-state index is 0.0135. The average Bonchev–Trinajstić information content (AvgIpc) is 2.88. The van der Waals surface area contributed by atoms with E-state index < -0.39 is 12.0 Å². The molecule has 1 aromatic rings. The van der Waals surface area contributed by atoms with E-state index in [4.69, 9.17) is 0 Å². The highest BCUT2D eigenvalue weighted by Gasteiger charge is 2.48. The number of benzene rings is 1. The maximum absolute atomic E-state index is 12.8. The van der Waals surface area contributed by atoms with Crippen molar-refractivity contribution in [1.29, 1.82) is 0 Å². The van der Waals surface area contributed by atoms with Gasteiger partial charge in [-0.15, -0.1) is 0 Å². The SMILES string of the molecule is C=C1C[C@H]([N+](=O)[O-])[C@@H](CCCCCC)[C@@H]1C(=O)c1ccccc1. The van der Waals surface area contributed by atoms with E-state index in [1.54, 1.807) is 12.1 Å². The molecular weight excluding hydrogens is 290 g/mol. The van der Waals surface area contributed by atoms with Crippen LogP contribution in [0.3, 0.4) is 0 Å². The molecule has 1 aliphatic rings. The van der Waals surface area contributed by atoms with Crippen molar-refractivity contribution in [3.05, 3.63) is 58.2 Å². The number of unbranched alkanes of at least 4 members (excludes halogenated alkanes) is 3. The summed E-state index contributed by atoms with van der Waals surface area (Å²) in [7, 11) is 0. The summed E-state index contributed by atoms with van der Waals surface area (Å²) in [6, 6.07) is 8.41. The Hall–Kier alpha value is -1.97. The largest absolute Gasteiger partial charge is 0.293 e. The molecule has 23 heavy (non-hydrogen) atoms. The number of Topliss-reactive ketones (excluding diaryl/α,β-unsaturated/α-hetero) is 1. The first kappa shape index (κ1) is 17.4. The predicted molar refractivity (Wildman–Crippen MR) is 91.1 cm³/mol. The van der Waals surface area contributed by atoms with Crippen molar-refractivity contribution < 1.29 is 9.72 Å². The van der Waals surface area contributed by atoms with Gasteiger partial charge in [0.2, 0.25) is 6.04 Å². The molecule has 4 heteroatoms. The number of carbonyl (C=O) groups excluding carboxylic acids is 1. The lowest BCUT2D eigenvalue weighted by Gasteiger charge is -2.20. The minimum Gasteiger partial charge on any atom is -0.293 e. The van der Waals surface area contributed by atoms with Gasteiger partial charge in [0.1, 0.15) is 0 Å². The third-order valence-electron chi connectivity index (χ3n) is 4.84. The summed E-state index contributed by atoms with van der Waals surface area (Å²) in [5, 5.41) is 11.4. The summed E-state index contributed by atoms with van der Waals surface area (Å²) in [5.74, 6) is -0.642. The van der Waals surface area contributed by atoms with Crippen LogP contribution in [0.15, 0.2) is 42.5 Å². The van der Waals surface area contributed by atoms with Crippen LogP contribution in [0.5, 0.6) is 0 Å². The van der Waals surface area contributed by atoms with Crippen LogP contribution in [0.4, 0.5) is 0 Å². The quantitative estimate of drug-likeness (QED) is 0.230. The van der Waals surface area contributed by atoms with Crippen LogP contribution in [0.25, 0.3) is 0 Å². The lowest BCUT2D eigenvalue weighted by atomic mass is 9.82. The lowest BCUT2D eigenvalue weighted by Crippen LogP contribution is -2.30. The molecule has 0 saturated heterocycles. The smallest absolute Gasteiger partial charge is 0.220 e. The molecule has 1 saturated carbocycles. The van der Waals surface area contributed by atoms with E-state index >= 15 is 0 Å². The first-order chi connectivity index (χ1) is 11.1. The van der Waals surface area contributed by atoms with Crippen LogP contribution in [0, 0.1) is 22.0 Å². The molecule has 0 unspecified atom stereocenters. The first-order valence-corrected chi connectivity index (χ1v) is 8.46. The van der Waals surface area contributed by atoms with Gasteiger partial charge in [0.25, 0.3) is 0 Å². The number of hydrogen-bond acceptors (Lipinski definition) is 3. The molecule has 0 aromatic heterocycles. The summed E-state index contributed by atoms with van der Waals surface area (Å²) in [5.41, 5.74) is 1.35. The molecule has 0 amide bonds. The van der Waals surface area contributed by atoms with E-state index in [0.29, 0.717) is 12.0 Å². The van der Waals surface area contributed by atoms with Crippen LogP contribution in [0.2, 0.25) is 0 Å². The van der Waals surface area contributed by atoms with Crippen LogP contribution < -0.4 is 0 Å². The van der Waals surface area contributed by atoms with Gasteiger partial charge in [-0.25, -0.2) is 0 Å². The predicted octanol–water partition coefficient (Wildman–Crippen LogP) is 4.68. The average molecular weight is 315 g/mol. The van der Waals surface area contributed by atoms with E-state index in [0.717, 1.165) is 37.7 Å². The van der Waals surface area contributed by atoms with Gasteiger partial charge in [-0.1, -0.05) is 75.1 Å². The molecule has 0 radical (unpaired) electrons. The fraction of sp³-hybridized carbons (Fsp3) is 0.526. The minimum atomic E-state index is -0.665. The number of ketones is 1. The Morgan fingerprint density at radius 2 is 1.96 bits per heavy atom. The van der Waals surface area contributed by atoms with E-state index in [9.17, 15) is 14.9 Å². The highest BCUT2D eigenvalue weighted by Crippen LogP contribution is 2.42. The molecule has 4 nitrogen and oxygen atoms in total. The zero-order valence-electron chi connectivity index (χ0n) is 13.7. The van der Waals surface area contributed by atoms with Crippen LogP contribution >= 0.6 is 0 Å². The Kier molecular flexibility index (Phi) is 6.08. The van der Waals surface area contributed by atoms with Crippen LogP contribution in [-0.2, 0) is 0 Å². The summed E-state index contributed by atoms with van der Waals surface area (Å²) in [6.45, 7) is 6.12. The molecule has 0 aliphatic heterocycles. The Morgan fingerprint density at radius 1 is 1.26 bits per heavy atom. The second kappa shape index (κ2) is 8.04. The Bertz CT molecular complexity index is 567. The monoisotopic (exact) mass is 315 g/mol. The summed E-state index contributed by atoms with van der Waals surface area (Å²) in [6.07, 6.45) is 5.32. The van der Waals surface area contributed by atoms with Gasteiger partial charge >= 0.3 is 0 Å². The van der Waals surface area contributed by atoms with E-state index in [2.05, 4.69) is 13.5 Å². The highest BCUT2D eigenvalue weighted by molar-refractivity contribution is 6.00. The molecule has 0 bridgehead atoms. The molecule has 1 aromatic carbocycles. The number of rotatable bonds is 8. The topological polar surface area (TPSA) is 60.2 Å². The zero-order chi connectivity index (χ0) is 16.8. The summed E-state index contributed by atoms with van der Waals surface area (Å²) < 4.78 is 0. The summed E-state index contributed by atoms with van der Waals surface area (Å²) >= 11 is 0. The highest BCUT2D eigenvalue weighted by atomic mass is 16.6. The van der Waals surface area contributed by atoms with Crippen molar-refractivity contribution in [3.8, 4) is 0 Å². The molecule has 0 N–H and O–H groups in total. The van der Waals surface area contributed by atoms with Crippen LogP contribution in [-0.4, -0.2) is 16.7 Å². The standard InChI is InChI=1S/C19H25NO3/c1-3-4-5-9-12-16-17(20(22)23)13-14(2)18(16)19(21)15-10-7-6-8-11-15/h6-8,10-11,16-18H,2-5,9,12-13H2,1H3/t16-,17+,18-/m1/s1. The zero-order valence-corrected chi connectivity index (χ0v) is 13.7. The number of hydrogen-bond donors (Lipinski definition) is 0. The van der Waals surface area contributed by atoms with Gasteiger partial charge in [-0.3, -0.25) is 14.9 Å². The van der Waals surface area contributed by atoms with Crippen molar-refractivity contribution in [2.75, 3.05) is 0 Å². The van der Waals surface area contributed by atoms with Gasteiger partial charge in [0, 0.05) is 22.8 Å². The number of nitro groups is 1. The second-order valence-electron chi connectivity index (χ2n) is 6.44. The lowest BCUT2D eigenvalue weighted by molar-refractivity contribution is -0.529. The normalized spacial score (nSPS) is 23.9. The van der Waals surface area contributed by atoms with Crippen molar-refractivity contribution in [3.63, 3.8) is 0 Å². The molecule has 2 rings (SSSR count). The molecule has 3 atom stereocenters. The molecule has 1 aliphatic carbocycles. The third kappa shape index (κ3) is 4.06. The van der Waals surface area contributed by atoms with Gasteiger partial charge in [-0.2, -0.15) is 0 Å². The molecule has 0 heterocycles. The number of nitrogens with zero attached hydrogens (tertiary/aromatic N) is 1.